The van der Waals surface area contributed by atoms with Crippen LogP contribution in [0.5, 0.6) is 5.75 Å². The lowest BCUT2D eigenvalue weighted by molar-refractivity contribution is 0.214. The van der Waals surface area contributed by atoms with Gasteiger partial charge in [0.1, 0.15) is 11.9 Å². The van der Waals surface area contributed by atoms with Crippen molar-refractivity contribution in [1.82, 2.24) is 0 Å². The highest BCUT2D eigenvalue weighted by atomic mass is 35.5. The van der Waals surface area contributed by atoms with Crippen LogP contribution in [0, 0.1) is 12.8 Å². The van der Waals surface area contributed by atoms with Crippen LogP contribution < -0.4 is 4.74 Å². The lowest BCUT2D eigenvalue weighted by Crippen LogP contribution is -2.18. The normalized spacial score (nSPS) is 24.2. The quantitative estimate of drug-likeness (QED) is 0.714. The summed E-state index contributed by atoms with van der Waals surface area (Å²) in [5, 5.41) is 0.358. The summed E-state index contributed by atoms with van der Waals surface area (Å²) in [6.45, 7) is 2.14. The van der Waals surface area contributed by atoms with Crippen molar-refractivity contribution in [3.63, 3.8) is 0 Å². The van der Waals surface area contributed by atoms with E-state index in [1.54, 1.807) is 0 Å². The van der Waals surface area contributed by atoms with E-state index in [2.05, 4.69) is 25.1 Å². The Bertz CT molecular complexity index is 437. The fraction of sp³-hybridized carbons (Fsp3) is 0.647. The average molecular weight is 279 g/mol. The molecular weight excluding hydrogens is 256 g/mol. The van der Waals surface area contributed by atoms with Crippen molar-refractivity contribution in [2.75, 3.05) is 0 Å². The van der Waals surface area contributed by atoms with Gasteiger partial charge in [0.15, 0.2) is 0 Å². The number of fused-ring (bicyclic) bond motifs is 1. The van der Waals surface area contributed by atoms with E-state index in [0.717, 1.165) is 30.9 Å². The van der Waals surface area contributed by atoms with E-state index in [1.807, 2.05) is 0 Å². The Labute approximate surface area is 121 Å². The summed E-state index contributed by atoms with van der Waals surface area (Å²) >= 11 is 6.55. The number of hydrogen-bond acceptors (Lipinski definition) is 1. The molecule has 0 spiro atoms. The van der Waals surface area contributed by atoms with Crippen LogP contribution in [0.1, 0.15) is 49.7 Å². The first-order valence-corrected chi connectivity index (χ1v) is 8.06. The van der Waals surface area contributed by atoms with Crippen molar-refractivity contribution < 1.29 is 4.74 Å². The average Bonchev–Trinajstić information content (AvgIpc) is 3.04. The van der Waals surface area contributed by atoms with Gasteiger partial charge in [-0.2, -0.15) is 0 Å². The molecule has 3 rings (SSSR count). The second-order valence-corrected chi connectivity index (χ2v) is 6.75. The van der Waals surface area contributed by atoms with E-state index in [-0.39, 0.29) is 0 Å². The highest BCUT2D eigenvalue weighted by Crippen LogP contribution is 2.35. The predicted molar refractivity (Wildman–Crippen MR) is 80.1 cm³/mol. The molecule has 1 heterocycles. The summed E-state index contributed by atoms with van der Waals surface area (Å²) < 4.78 is 6.02. The fourth-order valence-electron chi connectivity index (χ4n) is 3.51. The molecule has 0 saturated heterocycles. The molecule has 1 fully saturated rings. The van der Waals surface area contributed by atoms with Crippen molar-refractivity contribution in [3.05, 3.63) is 29.3 Å². The molecule has 1 aromatic carbocycles. The van der Waals surface area contributed by atoms with Gasteiger partial charge in [-0.25, -0.2) is 0 Å². The molecule has 1 nitrogen and oxygen atoms in total. The first kappa shape index (κ1) is 13.3. The molecule has 0 bridgehead atoms. The van der Waals surface area contributed by atoms with Gasteiger partial charge in [0.05, 0.1) is 0 Å². The maximum Gasteiger partial charge on any atom is 0.123 e. The summed E-state index contributed by atoms with van der Waals surface area (Å²) in [5.74, 6) is 1.84. The van der Waals surface area contributed by atoms with Crippen LogP contribution in [0.2, 0.25) is 0 Å². The maximum atomic E-state index is 6.55. The zero-order valence-electron chi connectivity index (χ0n) is 11.7. The van der Waals surface area contributed by atoms with Gasteiger partial charge in [-0.3, -0.25) is 0 Å². The van der Waals surface area contributed by atoms with Crippen LogP contribution >= 0.6 is 11.6 Å². The number of halogens is 1. The molecule has 1 aliphatic heterocycles. The third kappa shape index (κ3) is 3.08. The monoisotopic (exact) mass is 278 g/mol. The summed E-state index contributed by atoms with van der Waals surface area (Å²) in [6.07, 6.45) is 9.02. The predicted octanol–water partition coefficient (Wildman–Crippen LogP) is 4.88. The van der Waals surface area contributed by atoms with E-state index >= 15 is 0 Å². The zero-order chi connectivity index (χ0) is 13.2. The molecule has 0 aromatic heterocycles. The molecule has 2 aliphatic rings. The molecule has 2 unspecified atom stereocenters. The lowest BCUT2D eigenvalue weighted by atomic mass is 9.97. The van der Waals surface area contributed by atoms with Crippen LogP contribution in [0.25, 0.3) is 0 Å². The van der Waals surface area contributed by atoms with Gasteiger partial charge in [-0.15, -0.1) is 11.6 Å². The van der Waals surface area contributed by atoms with Crippen LogP contribution in [-0.2, 0) is 6.42 Å². The Morgan fingerprint density at radius 1 is 1.32 bits per heavy atom. The fourth-order valence-corrected chi connectivity index (χ4v) is 3.89. The first-order valence-electron chi connectivity index (χ1n) is 7.62. The van der Waals surface area contributed by atoms with Crippen molar-refractivity contribution in [2.45, 2.75) is 63.4 Å². The lowest BCUT2D eigenvalue weighted by Gasteiger charge is -2.18. The molecule has 1 saturated carbocycles. The Morgan fingerprint density at radius 2 is 2.11 bits per heavy atom. The number of benzene rings is 1. The topological polar surface area (TPSA) is 9.23 Å². The molecule has 0 radical (unpaired) electrons. The van der Waals surface area contributed by atoms with Crippen molar-refractivity contribution >= 4 is 11.6 Å². The maximum absolute atomic E-state index is 6.55. The van der Waals surface area contributed by atoms with E-state index in [1.165, 1.54) is 36.8 Å². The number of ether oxygens (including phenoxy) is 1. The SMILES string of the molecule is Cc1ccc2c(c1)CC(CCC(Cl)C1CCCC1)O2. The van der Waals surface area contributed by atoms with Crippen LogP contribution in [0.15, 0.2) is 18.2 Å². The van der Waals surface area contributed by atoms with Gasteiger partial charge in [-0.05, 0) is 50.2 Å². The van der Waals surface area contributed by atoms with Gasteiger partial charge < -0.3 is 4.74 Å². The Morgan fingerprint density at radius 3 is 2.89 bits per heavy atom. The summed E-state index contributed by atoms with van der Waals surface area (Å²) in [5.41, 5.74) is 2.70. The second kappa shape index (κ2) is 5.75. The third-order valence-electron chi connectivity index (χ3n) is 4.63. The summed E-state index contributed by atoms with van der Waals surface area (Å²) in [6, 6.07) is 6.49. The summed E-state index contributed by atoms with van der Waals surface area (Å²) in [4.78, 5) is 0. The highest BCUT2D eigenvalue weighted by molar-refractivity contribution is 6.20. The van der Waals surface area contributed by atoms with Gasteiger partial charge >= 0.3 is 0 Å². The smallest absolute Gasteiger partial charge is 0.123 e. The number of aryl methyl sites for hydroxylation is 1. The largest absolute Gasteiger partial charge is 0.490 e. The molecule has 19 heavy (non-hydrogen) atoms. The molecular formula is C17H23ClO. The molecule has 104 valence electrons. The molecule has 1 aliphatic carbocycles. The Kier molecular flexibility index (Phi) is 4.02. The number of rotatable bonds is 4. The Hall–Kier alpha value is -0.690. The van der Waals surface area contributed by atoms with E-state index in [0.29, 0.717) is 11.5 Å². The van der Waals surface area contributed by atoms with Crippen molar-refractivity contribution in [3.8, 4) is 5.75 Å². The van der Waals surface area contributed by atoms with Gasteiger partial charge in [0, 0.05) is 11.8 Å². The second-order valence-electron chi connectivity index (χ2n) is 6.19. The number of alkyl halides is 1. The van der Waals surface area contributed by atoms with Crippen LogP contribution in [-0.4, -0.2) is 11.5 Å². The van der Waals surface area contributed by atoms with Gasteiger partial charge in [0.2, 0.25) is 0 Å². The molecule has 0 amide bonds. The summed E-state index contributed by atoms with van der Waals surface area (Å²) in [7, 11) is 0. The van der Waals surface area contributed by atoms with Crippen molar-refractivity contribution in [2.24, 2.45) is 5.92 Å². The highest BCUT2D eigenvalue weighted by Gasteiger charge is 2.27. The molecule has 2 heteroatoms. The Balaban J connectivity index is 1.50. The first-order chi connectivity index (χ1) is 9.22. The molecule has 1 aromatic rings. The van der Waals surface area contributed by atoms with Crippen LogP contribution in [0.3, 0.4) is 0 Å². The van der Waals surface area contributed by atoms with Gasteiger partial charge in [0.25, 0.3) is 0 Å². The molecule has 2 atom stereocenters. The van der Waals surface area contributed by atoms with Gasteiger partial charge in [-0.1, -0.05) is 30.5 Å². The van der Waals surface area contributed by atoms with E-state index in [9.17, 15) is 0 Å². The number of hydrogen-bond donors (Lipinski definition) is 0. The minimum atomic E-state index is 0.347. The van der Waals surface area contributed by atoms with E-state index < -0.39 is 0 Å². The zero-order valence-corrected chi connectivity index (χ0v) is 12.5. The standard InChI is InChI=1S/C17H23ClO/c1-12-6-9-17-14(10-12)11-15(19-17)7-8-16(18)13-4-2-3-5-13/h6,9-10,13,15-16H,2-5,7-8,11H2,1H3. The van der Waals surface area contributed by atoms with Crippen molar-refractivity contribution in [1.29, 1.82) is 0 Å². The minimum absolute atomic E-state index is 0.347. The third-order valence-corrected chi connectivity index (χ3v) is 5.21. The van der Waals surface area contributed by atoms with E-state index in [4.69, 9.17) is 16.3 Å². The molecule has 0 N–H and O–H groups in total. The minimum Gasteiger partial charge on any atom is -0.490 e. The van der Waals surface area contributed by atoms with Crippen LogP contribution in [0.4, 0.5) is 0 Å².